The molecule has 0 aliphatic rings. The second kappa shape index (κ2) is 15.9. The Labute approximate surface area is 110 Å². The summed E-state index contributed by atoms with van der Waals surface area (Å²) in [6.07, 6.45) is 11.0. The smallest absolute Gasteiger partial charge is 0.00387 e. The van der Waals surface area contributed by atoms with Crippen LogP contribution in [-0.4, -0.2) is 12.1 Å². The molecule has 2 heteroatoms. The molecule has 1 atom stereocenters. The van der Waals surface area contributed by atoms with Crippen LogP contribution in [0.25, 0.3) is 0 Å². The Balaban J connectivity index is 0. The molecule has 0 bridgehead atoms. The average Bonchev–Trinajstić information content (AvgIpc) is 2.28. The van der Waals surface area contributed by atoms with Crippen molar-refractivity contribution in [3.8, 4) is 0 Å². The third kappa shape index (κ3) is 18.5. The van der Waals surface area contributed by atoms with Crippen LogP contribution in [0.2, 0.25) is 0 Å². The zero-order valence-electron chi connectivity index (χ0n) is 12.7. The molecule has 0 aliphatic carbocycles. The molecule has 0 aromatic heterocycles. The molecule has 0 saturated carbocycles. The van der Waals surface area contributed by atoms with Gasteiger partial charge in [0.05, 0.1) is 0 Å². The molecule has 0 rings (SSSR count). The van der Waals surface area contributed by atoms with Gasteiger partial charge in [0.15, 0.2) is 0 Å². The summed E-state index contributed by atoms with van der Waals surface area (Å²) in [6.45, 7) is 8.75. The quantitative estimate of drug-likeness (QED) is 0.638. The largest absolute Gasteiger partial charge is 0.328 e. The zero-order valence-corrected chi connectivity index (χ0v) is 12.7. The van der Waals surface area contributed by atoms with E-state index in [2.05, 4.69) is 27.7 Å². The number of unbranched alkanes of at least 4 members (excludes halogenated alkanes) is 1. The zero-order chi connectivity index (χ0) is 13.5. The van der Waals surface area contributed by atoms with Crippen LogP contribution in [0, 0.1) is 0 Å². The third-order valence-electron chi connectivity index (χ3n) is 2.91. The highest BCUT2D eigenvalue weighted by Crippen LogP contribution is 2.03. The Morgan fingerprint density at radius 2 is 0.941 bits per heavy atom. The molecule has 4 N–H and O–H groups in total. The SMILES string of the molecule is CCCC(N)CCC.CCCCC(N)CCC. The summed E-state index contributed by atoms with van der Waals surface area (Å²) in [5.41, 5.74) is 11.5. The first-order valence-electron chi connectivity index (χ1n) is 7.63. The normalized spacial score (nSPS) is 12.2. The number of hydrogen-bond donors (Lipinski definition) is 2. The van der Waals surface area contributed by atoms with Crippen molar-refractivity contribution >= 4 is 0 Å². The maximum Gasteiger partial charge on any atom is 0.00387 e. The van der Waals surface area contributed by atoms with E-state index in [0.717, 1.165) is 0 Å². The van der Waals surface area contributed by atoms with Crippen LogP contribution >= 0.6 is 0 Å². The first-order chi connectivity index (χ1) is 8.12. The third-order valence-corrected chi connectivity index (χ3v) is 2.91. The molecular weight excluding hydrogens is 208 g/mol. The second-order valence-corrected chi connectivity index (χ2v) is 5.03. The second-order valence-electron chi connectivity index (χ2n) is 5.03. The van der Waals surface area contributed by atoms with Gasteiger partial charge in [0.2, 0.25) is 0 Å². The lowest BCUT2D eigenvalue weighted by molar-refractivity contribution is 0.535. The van der Waals surface area contributed by atoms with Crippen molar-refractivity contribution in [2.45, 2.75) is 97.6 Å². The summed E-state index contributed by atoms with van der Waals surface area (Å²) in [7, 11) is 0. The topological polar surface area (TPSA) is 52.0 Å². The Morgan fingerprint density at radius 1 is 0.588 bits per heavy atom. The summed E-state index contributed by atoms with van der Waals surface area (Å²) in [4.78, 5) is 0. The van der Waals surface area contributed by atoms with Crippen LogP contribution < -0.4 is 11.5 Å². The number of rotatable bonds is 9. The highest BCUT2D eigenvalue weighted by molar-refractivity contribution is 4.58. The molecule has 1 unspecified atom stereocenters. The molecule has 0 fully saturated rings. The first kappa shape index (κ1) is 19.3. The fourth-order valence-electron chi connectivity index (χ4n) is 1.87. The van der Waals surface area contributed by atoms with E-state index < -0.39 is 0 Å². The van der Waals surface area contributed by atoms with Crippen LogP contribution in [0.15, 0.2) is 0 Å². The molecule has 106 valence electrons. The minimum atomic E-state index is 0.463. The van der Waals surface area contributed by atoms with E-state index in [1.54, 1.807) is 0 Å². The Morgan fingerprint density at radius 3 is 1.24 bits per heavy atom. The predicted octanol–water partition coefficient (Wildman–Crippen LogP) is 4.22. The van der Waals surface area contributed by atoms with Crippen molar-refractivity contribution < 1.29 is 0 Å². The monoisotopic (exact) mass is 244 g/mol. The molecule has 0 radical (unpaired) electrons. The molecule has 0 aromatic rings. The molecule has 17 heavy (non-hydrogen) atoms. The van der Waals surface area contributed by atoms with E-state index >= 15 is 0 Å². The van der Waals surface area contributed by atoms with Gasteiger partial charge < -0.3 is 11.5 Å². The number of nitrogens with two attached hydrogens (primary N) is 2. The molecule has 0 saturated heterocycles. The van der Waals surface area contributed by atoms with E-state index in [-0.39, 0.29) is 0 Å². The van der Waals surface area contributed by atoms with Gasteiger partial charge in [0.1, 0.15) is 0 Å². The van der Waals surface area contributed by atoms with Crippen LogP contribution in [0.1, 0.15) is 85.5 Å². The van der Waals surface area contributed by atoms with Crippen LogP contribution in [0.4, 0.5) is 0 Å². The van der Waals surface area contributed by atoms with E-state index in [1.807, 2.05) is 0 Å². The van der Waals surface area contributed by atoms with Gasteiger partial charge in [0, 0.05) is 12.1 Å². The molecule has 0 aliphatic heterocycles. The molecule has 0 heterocycles. The van der Waals surface area contributed by atoms with Gasteiger partial charge in [-0.2, -0.15) is 0 Å². The van der Waals surface area contributed by atoms with Crippen LogP contribution in [0.3, 0.4) is 0 Å². The predicted molar refractivity (Wildman–Crippen MR) is 80.2 cm³/mol. The summed E-state index contributed by atoms with van der Waals surface area (Å²) >= 11 is 0. The van der Waals surface area contributed by atoms with Crippen molar-refractivity contribution in [2.24, 2.45) is 11.5 Å². The average molecular weight is 244 g/mol. The number of hydrogen-bond acceptors (Lipinski definition) is 2. The van der Waals surface area contributed by atoms with Crippen molar-refractivity contribution in [1.29, 1.82) is 0 Å². The fraction of sp³-hybridized carbons (Fsp3) is 1.00. The Bertz CT molecular complexity index is 120. The summed E-state index contributed by atoms with van der Waals surface area (Å²) in [5.74, 6) is 0. The maximum absolute atomic E-state index is 5.77. The molecule has 0 amide bonds. The van der Waals surface area contributed by atoms with Crippen LogP contribution in [-0.2, 0) is 0 Å². The lowest BCUT2D eigenvalue weighted by atomic mass is 10.1. The summed E-state index contributed by atoms with van der Waals surface area (Å²) in [5, 5.41) is 0. The fourth-order valence-corrected chi connectivity index (χ4v) is 1.87. The van der Waals surface area contributed by atoms with Crippen molar-refractivity contribution in [1.82, 2.24) is 0 Å². The van der Waals surface area contributed by atoms with E-state index in [9.17, 15) is 0 Å². The van der Waals surface area contributed by atoms with Gasteiger partial charge in [0.25, 0.3) is 0 Å². The minimum absolute atomic E-state index is 0.463. The van der Waals surface area contributed by atoms with Gasteiger partial charge in [-0.25, -0.2) is 0 Å². The van der Waals surface area contributed by atoms with E-state index in [0.29, 0.717) is 12.1 Å². The maximum atomic E-state index is 5.77. The minimum Gasteiger partial charge on any atom is -0.328 e. The highest BCUT2D eigenvalue weighted by Gasteiger charge is 1.97. The Hall–Kier alpha value is -0.0800. The lowest BCUT2D eigenvalue weighted by Gasteiger charge is -2.07. The van der Waals surface area contributed by atoms with Gasteiger partial charge in [-0.05, 0) is 25.7 Å². The molecule has 2 nitrogen and oxygen atoms in total. The van der Waals surface area contributed by atoms with Crippen LogP contribution in [0.5, 0.6) is 0 Å². The van der Waals surface area contributed by atoms with Gasteiger partial charge in [-0.3, -0.25) is 0 Å². The standard InChI is InChI=1S/C8H19N.C7H17N/c1-3-5-7-8(9)6-4-2;1-3-5-7(8)6-4-2/h8H,3-7,9H2,1-2H3;7H,3-6,8H2,1-2H3. The summed E-state index contributed by atoms with van der Waals surface area (Å²) < 4.78 is 0. The molecular formula is C15H36N2. The van der Waals surface area contributed by atoms with Gasteiger partial charge in [-0.15, -0.1) is 0 Å². The van der Waals surface area contributed by atoms with Gasteiger partial charge >= 0.3 is 0 Å². The van der Waals surface area contributed by atoms with Crippen molar-refractivity contribution in [2.75, 3.05) is 0 Å². The van der Waals surface area contributed by atoms with Crippen molar-refractivity contribution in [3.05, 3.63) is 0 Å². The highest BCUT2D eigenvalue weighted by atomic mass is 14.6. The van der Waals surface area contributed by atoms with E-state index in [1.165, 1.54) is 57.8 Å². The van der Waals surface area contributed by atoms with Crippen molar-refractivity contribution in [3.63, 3.8) is 0 Å². The Kier molecular flexibility index (Phi) is 18.0. The summed E-state index contributed by atoms with van der Waals surface area (Å²) in [6, 6.07) is 0.931. The van der Waals surface area contributed by atoms with Gasteiger partial charge in [-0.1, -0.05) is 59.8 Å². The van der Waals surface area contributed by atoms with E-state index in [4.69, 9.17) is 11.5 Å². The lowest BCUT2D eigenvalue weighted by Crippen LogP contribution is -2.18. The molecule has 0 aromatic carbocycles. The first-order valence-corrected chi connectivity index (χ1v) is 7.63. The molecule has 0 spiro atoms.